The molecular weight excluding hydrogens is 244 g/mol. The number of primary amides is 1. The molecule has 1 aromatic carbocycles. The first-order valence-corrected chi connectivity index (χ1v) is 6.68. The zero-order valence-corrected chi connectivity index (χ0v) is 10.8. The van der Waals surface area contributed by atoms with Crippen LogP contribution in [0.1, 0.15) is 12.8 Å². The number of anilines is 1. The van der Waals surface area contributed by atoms with E-state index < -0.39 is 0 Å². The fourth-order valence-corrected chi connectivity index (χ4v) is 2.65. The normalized spacial score (nSPS) is 19.3. The molecule has 102 valence electrons. The van der Waals surface area contributed by atoms with Crippen molar-refractivity contribution in [3.63, 3.8) is 0 Å². The minimum atomic E-state index is -0.179. The molecule has 2 N–H and O–H groups in total. The molecule has 0 saturated carbocycles. The summed E-state index contributed by atoms with van der Waals surface area (Å²) in [6, 6.07) is 6.00. The van der Waals surface area contributed by atoms with E-state index in [0.717, 1.165) is 43.1 Å². The lowest BCUT2D eigenvalue weighted by Crippen LogP contribution is -2.38. The number of benzene rings is 1. The second kappa shape index (κ2) is 4.99. The lowest BCUT2D eigenvalue weighted by molar-refractivity contribution is -0.122. The van der Waals surface area contributed by atoms with Gasteiger partial charge in [-0.3, -0.25) is 4.79 Å². The standard InChI is InChI=1S/C14H18N2O3/c15-14(17)10-3-5-16(6-4-10)11-1-2-12-13(9-11)19-8-7-18-12/h1-2,9-10H,3-8H2,(H2,15,17). The highest BCUT2D eigenvalue weighted by molar-refractivity contribution is 5.77. The Bertz CT molecular complexity index is 482. The highest BCUT2D eigenvalue weighted by Crippen LogP contribution is 2.35. The highest BCUT2D eigenvalue weighted by atomic mass is 16.6. The van der Waals surface area contributed by atoms with Gasteiger partial charge >= 0.3 is 0 Å². The van der Waals surface area contributed by atoms with Crippen LogP contribution in [0.4, 0.5) is 5.69 Å². The van der Waals surface area contributed by atoms with Gasteiger partial charge in [0.1, 0.15) is 13.2 Å². The average molecular weight is 262 g/mol. The highest BCUT2D eigenvalue weighted by Gasteiger charge is 2.24. The smallest absolute Gasteiger partial charge is 0.220 e. The molecule has 1 aromatic rings. The molecule has 0 bridgehead atoms. The number of nitrogens with two attached hydrogens (primary N) is 1. The van der Waals surface area contributed by atoms with E-state index in [1.807, 2.05) is 18.2 Å². The van der Waals surface area contributed by atoms with Crippen LogP contribution in [0, 0.1) is 5.92 Å². The summed E-state index contributed by atoms with van der Waals surface area (Å²) in [5.74, 6) is 1.46. The third-order valence-electron chi connectivity index (χ3n) is 3.79. The molecule has 1 fully saturated rings. The first-order valence-electron chi connectivity index (χ1n) is 6.68. The summed E-state index contributed by atoms with van der Waals surface area (Å²) in [6.45, 7) is 2.91. The van der Waals surface area contributed by atoms with Gasteiger partial charge in [0.25, 0.3) is 0 Å². The number of carbonyl (C=O) groups excluding carboxylic acids is 1. The summed E-state index contributed by atoms with van der Waals surface area (Å²) >= 11 is 0. The predicted octanol–water partition coefficient (Wildman–Crippen LogP) is 1.16. The van der Waals surface area contributed by atoms with E-state index in [1.165, 1.54) is 0 Å². The molecule has 2 aliphatic heterocycles. The van der Waals surface area contributed by atoms with Crippen LogP contribution in [0.3, 0.4) is 0 Å². The Morgan fingerprint density at radius 1 is 1.16 bits per heavy atom. The number of piperidine rings is 1. The number of rotatable bonds is 2. The summed E-state index contributed by atoms with van der Waals surface area (Å²) in [6.07, 6.45) is 1.65. The van der Waals surface area contributed by atoms with Crippen molar-refractivity contribution < 1.29 is 14.3 Å². The molecule has 0 radical (unpaired) electrons. The SMILES string of the molecule is NC(=O)C1CCN(c2ccc3c(c2)OCCO3)CC1. The molecule has 5 nitrogen and oxygen atoms in total. The van der Waals surface area contributed by atoms with Gasteiger partial charge in [0.05, 0.1) is 0 Å². The summed E-state index contributed by atoms with van der Waals surface area (Å²) in [5.41, 5.74) is 6.47. The second-order valence-corrected chi connectivity index (χ2v) is 4.99. The largest absolute Gasteiger partial charge is 0.486 e. The molecule has 19 heavy (non-hydrogen) atoms. The van der Waals surface area contributed by atoms with Crippen molar-refractivity contribution in [1.82, 2.24) is 0 Å². The molecule has 0 aliphatic carbocycles. The maximum atomic E-state index is 11.2. The fourth-order valence-electron chi connectivity index (χ4n) is 2.65. The van der Waals surface area contributed by atoms with Crippen LogP contribution in [-0.2, 0) is 4.79 Å². The fraction of sp³-hybridized carbons (Fsp3) is 0.500. The molecule has 3 rings (SSSR count). The Morgan fingerprint density at radius 3 is 2.53 bits per heavy atom. The Morgan fingerprint density at radius 2 is 1.84 bits per heavy atom. The van der Waals surface area contributed by atoms with Crippen molar-refractivity contribution >= 4 is 11.6 Å². The molecule has 5 heteroatoms. The van der Waals surface area contributed by atoms with Crippen LogP contribution >= 0.6 is 0 Å². The van der Waals surface area contributed by atoms with Crippen molar-refractivity contribution in [3.05, 3.63) is 18.2 Å². The van der Waals surface area contributed by atoms with Gasteiger partial charge in [-0.1, -0.05) is 0 Å². The van der Waals surface area contributed by atoms with Crippen molar-refractivity contribution in [2.24, 2.45) is 11.7 Å². The topological polar surface area (TPSA) is 64.8 Å². The number of hydrogen-bond acceptors (Lipinski definition) is 4. The van der Waals surface area contributed by atoms with Crippen molar-refractivity contribution in [2.75, 3.05) is 31.2 Å². The van der Waals surface area contributed by atoms with E-state index in [-0.39, 0.29) is 11.8 Å². The summed E-state index contributed by atoms with van der Waals surface area (Å²) in [7, 11) is 0. The van der Waals surface area contributed by atoms with Gasteiger partial charge in [0.15, 0.2) is 11.5 Å². The zero-order chi connectivity index (χ0) is 13.2. The van der Waals surface area contributed by atoms with Gasteiger partial charge in [-0.2, -0.15) is 0 Å². The molecule has 0 aromatic heterocycles. The first-order chi connectivity index (χ1) is 9.24. The van der Waals surface area contributed by atoms with Crippen LogP contribution < -0.4 is 20.1 Å². The molecular formula is C14H18N2O3. The lowest BCUT2D eigenvalue weighted by atomic mass is 9.96. The Balaban J connectivity index is 1.71. The molecule has 0 unspecified atom stereocenters. The van der Waals surface area contributed by atoms with Gasteiger partial charge in [0, 0.05) is 30.8 Å². The Hall–Kier alpha value is -1.91. The Labute approximate surface area is 112 Å². The minimum Gasteiger partial charge on any atom is -0.486 e. The minimum absolute atomic E-state index is 0.0217. The summed E-state index contributed by atoms with van der Waals surface area (Å²) in [4.78, 5) is 13.4. The summed E-state index contributed by atoms with van der Waals surface area (Å²) < 4.78 is 11.1. The Kier molecular flexibility index (Phi) is 3.19. The van der Waals surface area contributed by atoms with Gasteiger partial charge in [-0.15, -0.1) is 0 Å². The molecule has 0 spiro atoms. The van der Waals surface area contributed by atoms with Crippen LogP contribution in [0.15, 0.2) is 18.2 Å². The van der Waals surface area contributed by atoms with Gasteiger partial charge < -0.3 is 20.1 Å². The number of hydrogen-bond donors (Lipinski definition) is 1. The van der Waals surface area contributed by atoms with Crippen LogP contribution in [0.2, 0.25) is 0 Å². The third-order valence-corrected chi connectivity index (χ3v) is 3.79. The van der Waals surface area contributed by atoms with E-state index in [2.05, 4.69) is 4.90 Å². The van der Waals surface area contributed by atoms with E-state index in [9.17, 15) is 4.79 Å². The zero-order valence-electron chi connectivity index (χ0n) is 10.8. The lowest BCUT2D eigenvalue weighted by Gasteiger charge is -2.33. The van der Waals surface area contributed by atoms with Crippen molar-refractivity contribution in [1.29, 1.82) is 0 Å². The van der Waals surface area contributed by atoms with Crippen molar-refractivity contribution in [2.45, 2.75) is 12.8 Å². The second-order valence-electron chi connectivity index (χ2n) is 4.99. The quantitative estimate of drug-likeness (QED) is 0.868. The molecule has 2 aliphatic rings. The number of nitrogens with zero attached hydrogens (tertiary/aromatic N) is 1. The van der Waals surface area contributed by atoms with Crippen LogP contribution in [-0.4, -0.2) is 32.2 Å². The number of fused-ring (bicyclic) bond motifs is 1. The summed E-state index contributed by atoms with van der Waals surface area (Å²) in [5, 5.41) is 0. The number of ether oxygens (including phenoxy) is 2. The molecule has 1 saturated heterocycles. The first kappa shape index (κ1) is 12.1. The molecule has 0 atom stereocenters. The predicted molar refractivity (Wildman–Crippen MR) is 71.6 cm³/mol. The molecule has 2 heterocycles. The van der Waals surface area contributed by atoms with Gasteiger partial charge in [-0.05, 0) is 25.0 Å². The van der Waals surface area contributed by atoms with E-state index in [1.54, 1.807) is 0 Å². The van der Waals surface area contributed by atoms with Crippen LogP contribution in [0.25, 0.3) is 0 Å². The van der Waals surface area contributed by atoms with Crippen LogP contribution in [0.5, 0.6) is 11.5 Å². The average Bonchev–Trinajstić information content (AvgIpc) is 2.47. The van der Waals surface area contributed by atoms with Gasteiger partial charge in [0.2, 0.25) is 5.91 Å². The maximum Gasteiger partial charge on any atom is 0.220 e. The number of amides is 1. The molecule has 1 amide bonds. The van der Waals surface area contributed by atoms with E-state index in [4.69, 9.17) is 15.2 Å². The van der Waals surface area contributed by atoms with E-state index >= 15 is 0 Å². The van der Waals surface area contributed by atoms with E-state index in [0.29, 0.717) is 13.2 Å². The number of carbonyl (C=O) groups is 1. The third kappa shape index (κ3) is 2.45. The van der Waals surface area contributed by atoms with Crippen molar-refractivity contribution in [3.8, 4) is 11.5 Å². The maximum absolute atomic E-state index is 11.2. The monoisotopic (exact) mass is 262 g/mol. The van der Waals surface area contributed by atoms with Gasteiger partial charge in [-0.25, -0.2) is 0 Å².